The van der Waals surface area contributed by atoms with Crippen LogP contribution in [0, 0.1) is 12.8 Å². The molecule has 1 aliphatic rings. The molecule has 0 aliphatic carbocycles. The number of piperidine rings is 1. The van der Waals surface area contributed by atoms with Crippen LogP contribution < -0.4 is 5.32 Å². The minimum absolute atomic E-state index is 0.0397. The summed E-state index contributed by atoms with van der Waals surface area (Å²) in [4.78, 5) is 26.9. The molecule has 1 atom stereocenters. The van der Waals surface area contributed by atoms with Crippen LogP contribution in [0.1, 0.15) is 48.8 Å². The Hall–Kier alpha value is -2.33. The van der Waals surface area contributed by atoms with E-state index in [0.717, 1.165) is 44.3 Å². The monoisotopic (exact) mass is 426 g/mol. The maximum atomic E-state index is 12.7. The molecule has 4 nitrogen and oxygen atoms in total. The molecule has 0 aromatic heterocycles. The standard InChI is InChI=1S/C25H31ClN2O2/c1-19-7-2-3-9-21(19)13-15-25(30)28-16-6-8-20(18-28)12-14-24(29)27-17-22-10-4-5-11-23(22)26/h2-5,7,9-11,20H,6,8,12-18H2,1H3,(H,27,29). The van der Waals surface area contributed by atoms with Crippen LogP contribution >= 0.6 is 11.6 Å². The van der Waals surface area contributed by atoms with E-state index in [1.807, 2.05) is 41.3 Å². The van der Waals surface area contributed by atoms with Gasteiger partial charge in [-0.05, 0) is 61.3 Å². The zero-order valence-corrected chi connectivity index (χ0v) is 18.5. The number of likely N-dealkylation sites (tertiary alicyclic amines) is 1. The third-order valence-electron chi connectivity index (χ3n) is 5.95. The number of carbonyl (C=O) groups is 2. The van der Waals surface area contributed by atoms with E-state index >= 15 is 0 Å². The summed E-state index contributed by atoms with van der Waals surface area (Å²) in [6, 6.07) is 15.8. The summed E-state index contributed by atoms with van der Waals surface area (Å²) in [5.41, 5.74) is 3.41. The van der Waals surface area contributed by atoms with E-state index < -0.39 is 0 Å². The van der Waals surface area contributed by atoms with Crippen LogP contribution in [0.4, 0.5) is 0 Å². The lowest BCUT2D eigenvalue weighted by Gasteiger charge is -2.33. The molecule has 0 bridgehead atoms. The minimum atomic E-state index is 0.0397. The summed E-state index contributed by atoms with van der Waals surface area (Å²) in [6.45, 7) is 4.15. The number of amides is 2. The fourth-order valence-electron chi connectivity index (χ4n) is 4.08. The van der Waals surface area contributed by atoms with Crippen LogP contribution in [-0.4, -0.2) is 29.8 Å². The molecule has 1 aliphatic heterocycles. The van der Waals surface area contributed by atoms with Crippen LogP contribution in [0.25, 0.3) is 0 Å². The van der Waals surface area contributed by atoms with Crippen molar-refractivity contribution in [1.29, 1.82) is 0 Å². The number of hydrogen-bond donors (Lipinski definition) is 1. The van der Waals surface area contributed by atoms with Crippen molar-refractivity contribution < 1.29 is 9.59 Å². The molecule has 2 amide bonds. The minimum Gasteiger partial charge on any atom is -0.352 e. The van der Waals surface area contributed by atoms with E-state index in [2.05, 4.69) is 24.4 Å². The van der Waals surface area contributed by atoms with Crippen LogP contribution in [-0.2, 0) is 22.6 Å². The molecule has 1 saturated heterocycles. The molecule has 0 spiro atoms. The van der Waals surface area contributed by atoms with E-state index in [-0.39, 0.29) is 11.8 Å². The Bertz CT molecular complexity index is 868. The topological polar surface area (TPSA) is 49.4 Å². The van der Waals surface area contributed by atoms with E-state index in [1.54, 1.807) is 0 Å². The van der Waals surface area contributed by atoms with E-state index in [1.165, 1.54) is 11.1 Å². The molecular formula is C25H31ClN2O2. The number of nitrogens with one attached hydrogen (secondary N) is 1. The van der Waals surface area contributed by atoms with Gasteiger partial charge in [-0.15, -0.1) is 0 Å². The van der Waals surface area contributed by atoms with Gasteiger partial charge in [0.15, 0.2) is 0 Å². The highest BCUT2D eigenvalue weighted by atomic mass is 35.5. The SMILES string of the molecule is Cc1ccccc1CCC(=O)N1CCCC(CCC(=O)NCc2ccccc2Cl)C1. The fraction of sp³-hybridized carbons (Fsp3) is 0.440. The van der Waals surface area contributed by atoms with Crippen LogP contribution in [0.2, 0.25) is 5.02 Å². The lowest BCUT2D eigenvalue weighted by Crippen LogP contribution is -2.40. The highest BCUT2D eigenvalue weighted by molar-refractivity contribution is 6.31. The molecule has 0 saturated carbocycles. The molecular weight excluding hydrogens is 396 g/mol. The van der Waals surface area contributed by atoms with Gasteiger partial charge in [0.25, 0.3) is 0 Å². The molecule has 1 fully saturated rings. The van der Waals surface area contributed by atoms with Crippen LogP contribution in [0.15, 0.2) is 48.5 Å². The summed E-state index contributed by atoms with van der Waals surface area (Å²) in [5, 5.41) is 3.62. The molecule has 1 unspecified atom stereocenters. The van der Waals surface area contributed by atoms with Crippen molar-refractivity contribution in [3.63, 3.8) is 0 Å². The van der Waals surface area contributed by atoms with E-state index in [4.69, 9.17) is 11.6 Å². The van der Waals surface area contributed by atoms with Gasteiger partial charge < -0.3 is 10.2 Å². The van der Waals surface area contributed by atoms with Gasteiger partial charge in [-0.2, -0.15) is 0 Å². The summed E-state index contributed by atoms with van der Waals surface area (Å²) in [7, 11) is 0. The summed E-state index contributed by atoms with van der Waals surface area (Å²) < 4.78 is 0. The van der Waals surface area contributed by atoms with Gasteiger partial charge in [-0.3, -0.25) is 9.59 Å². The van der Waals surface area contributed by atoms with Crippen LogP contribution in [0.3, 0.4) is 0 Å². The highest BCUT2D eigenvalue weighted by Crippen LogP contribution is 2.22. The molecule has 3 rings (SSSR count). The molecule has 0 radical (unpaired) electrons. The molecule has 2 aromatic carbocycles. The third kappa shape index (κ3) is 6.60. The summed E-state index contributed by atoms with van der Waals surface area (Å²) >= 11 is 6.14. The van der Waals surface area contributed by atoms with Crippen LogP contribution in [0.5, 0.6) is 0 Å². The second kappa shape index (κ2) is 11.2. The van der Waals surface area contributed by atoms with Crippen molar-refractivity contribution in [3.8, 4) is 0 Å². The van der Waals surface area contributed by atoms with Gasteiger partial charge >= 0.3 is 0 Å². The average Bonchev–Trinajstić information content (AvgIpc) is 2.76. The van der Waals surface area contributed by atoms with Crippen molar-refractivity contribution >= 4 is 23.4 Å². The molecule has 2 aromatic rings. The predicted octanol–water partition coefficient (Wildman–Crippen LogP) is 4.92. The quantitative estimate of drug-likeness (QED) is 0.651. The van der Waals surface area contributed by atoms with Gasteiger partial charge in [0, 0.05) is 37.5 Å². The Morgan fingerprint density at radius 2 is 1.80 bits per heavy atom. The highest BCUT2D eigenvalue weighted by Gasteiger charge is 2.24. The van der Waals surface area contributed by atoms with Crippen molar-refractivity contribution in [1.82, 2.24) is 10.2 Å². The number of carbonyl (C=O) groups excluding carboxylic acids is 2. The smallest absolute Gasteiger partial charge is 0.222 e. The molecule has 5 heteroatoms. The van der Waals surface area contributed by atoms with Crippen molar-refractivity contribution in [3.05, 3.63) is 70.2 Å². The first-order valence-corrected chi connectivity index (χ1v) is 11.2. The summed E-state index contributed by atoms with van der Waals surface area (Å²) in [5.74, 6) is 0.663. The van der Waals surface area contributed by atoms with Gasteiger partial charge in [0.05, 0.1) is 0 Å². The fourth-order valence-corrected chi connectivity index (χ4v) is 4.28. The number of hydrogen-bond acceptors (Lipinski definition) is 2. The van der Waals surface area contributed by atoms with Crippen molar-refractivity contribution in [2.45, 2.75) is 52.0 Å². The second-order valence-corrected chi connectivity index (χ2v) is 8.59. The first-order valence-electron chi connectivity index (χ1n) is 10.9. The Kier molecular flexibility index (Phi) is 8.32. The van der Waals surface area contributed by atoms with E-state index in [0.29, 0.717) is 30.3 Å². The number of nitrogens with zero attached hydrogens (tertiary/aromatic N) is 1. The number of benzene rings is 2. The number of rotatable bonds is 8. The van der Waals surface area contributed by atoms with Gasteiger partial charge in [0.1, 0.15) is 0 Å². The Morgan fingerprint density at radius 3 is 2.57 bits per heavy atom. The Labute approximate surface area is 184 Å². The van der Waals surface area contributed by atoms with Gasteiger partial charge in [-0.1, -0.05) is 54.1 Å². The number of aryl methyl sites for hydroxylation is 2. The van der Waals surface area contributed by atoms with Gasteiger partial charge in [-0.25, -0.2) is 0 Å². The maximum Gasteiger partial charge on any atom is 0.222 e. The first-order chi connectivity index (χ1) is 14.5. The lowest BCUT2D eigenvalue weighted by molar-refractivity contribution is -0.133. The van der Waals surface area contributed by atoms with Gasteiger partial charge in [0.2, 0.25) is 11.8 Å². The Morgan fingerprint density at radius 1 is 1.07 bits per heavy atom. The summed E-state index contributed by atoms with van der Waals surface area (Å²) in [6.07, 6.45) is 4.74. The molecule has 1 N–H and O–H groups in total. The normalized spacial score (nSPS) is 16.3. The molecule has 30 heavy (non-hydrogen) atoms. The van der Waals surface area contributed by atoms with Crippen molar-refractivity contribution in [2.75, 3.05) is 13.1 Å². The number of halogens is 1. The van der Waals surface area contributed by atoms with E-state index in [9.17, 15) is 9.59 Å². The Balaban J connectivity index is 1.40. The second-order valence-electron chi connectivity index (χ2n) is 8.18. The maximum absolute atomic E-state index is 12.7. The zero-order valence-electron chi connectivity index (χ0n) is 17.7. The lowest BCUT2D eigenvalue weighted by atomic mass is 9.92. The zero-order chi connectivity index (χ0) is 21.3. The largest absolute Gasteiger partial charge is 0.352 e. The average molecular weight is 427 g/mol. The third-order valence-corrected chi connectivity index (χ3v) is 6.32. The molecule has 160 valence electrons. The predicted molar refractivity (Wildman–Crippen MR) is 121 cm³/mol. The molecule has 1 heterocycles. The first kappa shape index (κ1) is 22.4. The van der Waals surface area contributed by atoms with Crippen molar-refractivity contribution in [2.24, 2.45) is 5.92 Å².